The number of benzene rings is 1. The van der Waals surface area contributed by atoms with E-state index in [1.54, 1.807) is 7.11 Å². The van der Waals surface area contributed by atoms with Gasteiger partial charge in [0.2, 0.25) is 0 Å². The first kappa shape index (κ1) is 10.7. The van der Waals surface area contributed by atoms with E-state index in [0.29, 0.717) is 6.61 Å². The molecular formula is C13H18O2. The van der Waals surface area contributed by atoms with Crippen molar-refractivity contribution >= 4 is 0 Å². The lowest BCUT2D eigenvalue weighted by atomic mass is 10.0. The van der Waals surface area contributed by atoms with E-state index < -0.39 is 0 Å². The highest BCUT2D eigenvalue weighted by Gasteiger charge is 2.25. The molecule has 1 fully saturated rings. The first-order valence-corrected chi connectivity index (χ1v) is 5.55. The lowest BCUT2D eigenvalue weighted by Gasteiger charge is -2.11. The van der Waals surface area contributed by atoms with E-state index in [2.05, 4.69) is 0 Å². The summed E-state index contributed by atoms with van der Waals surface area (Å²) in [5.41, 5.74) is 2.15. The third-order valence-corrected chi connectivity index (χ3v) is 2.90. The molecule has 0 bridgehead atoms. The Balaban J connectivity index is 2.01. The van der Waals surface area contributed by atoms with Gasteiger partial charge in [0, 0.05) is 7.11 Å². The molecule has 1 aromatic carbocycles. The molecule has 2 rings (SSSR count). The molecule has 0 aromatic heterocycles. The molecule has 82 valence electrons. The van der Waals surface area contributed by atoms with Crippen LogP contribution >= 0.6 is 0 Å². The first-order chi connectivity index (χ1) is 7.29. The second-order valence-electron chi connectivity index (χ2n) is 4.37. The summed E-state index contributed by atoms with van der Waals surface area (Å²) >= 11 is 0. The molecule has 0 spiro atoms. The highest BCUT2D eigenvalue weighted by Crippen LogP contribution is 2.37. The average Bonchev–Trinajstić information content (AvgIpc) is 3.03. The van der Waals surface area contributed by atoms with Crippen LogP contribution in [-0.2, 0) is 11.3 Å². The van der Waals surface area contributed by atoms with Crippen LogP contribution in [0.2, 0.25) is 0 Å². The Hall–Kier alpha value is -0.860. The van der Waals surface area contributed by atoms with Crippen LogP contribution in [0.15, 0.2) is 24.3 Å². The Morgan fingerprint density at radius 3 is 2.93 bits per heavy atom. The number of ether oxygens (including phenoxy) is 1. The van der Waals surface area contributed by atoms with Gasteiger partial charge in [0.25, 0.3) is 0 Å². The molecule has 2 heteroatoms. The van der Waals surface area contributed by atoms with Crippen LogP contribution < -0.4 is 0 Å². The van der Waals surface area contributed by atoms with E-state index in [1.807, 2.05) is 24.3 Å². The summed E-state index contributed by atoms with van der Waals surface area (Å²) in [5.74, 6) is 0.756. The highest BCUT2D eigenvalue weighted by molar-refractivity contribution is 5.24. The van der Waals surface area contributed by atoms with Crippen LogP contribution in [0.5, 0.6) is 0 Å². The Labute approximate surface area is 90.9 Å². The smallest absolute Gasteiger partial charge is 0.0792 e. The van der Waals surface area contributed by atoms with Gasteiger partial charge in [0.15, 0.2) is 0 Å². The molecule has 1 aliphatic rings. The van der Waals surface area contributed by atoms with Gasteiger partial charge in [0.1, 0.15) is 0 Å². The van der Waals surface area contributed by atoms with Crippen molar-refractivity contribution in [2.24, 2.45) is 5.92 Å². The van der Waals surface area contributed by atoms with Crippen molar-refractivity contribution < 1.29 is 9.84 Å². The molecular weight excluding hydrogens is 188 g/mol. The molecule has 1 saturated carbocycles. The molecule has 1 aromatic rings. The fourth-order valence-electron chi connectivity index (χ4n) is 1.86. The molecule has 1 aliphatic carbocycles. The molecule has 0 heterocycles. The summed E-state index contributed by atoms with van der Waals surface area (Å²) < 4.78 is 5.07. The largest absolute Gasteiger partial charge is 0.388 e. The number of hydrogen-bond donors (Lipinski definition) is 1. The second-order valence-corrected chi connectivity index (χ2v) is 4.37. The number of methoxy groups -OCH3 is 1. The standard InChI is InChI=1S/C13H18O2/c1-15-9-11-3-2-4-12(7-11)13(14)8-10-5-6-10/h2-4,7,10,13-14H,5-6,8-9H2,1H3. The van der Waals surface area contributed by atoms with Gasteiger partial charge >= 0.3 is 0 Å². The van der Waals surface area contributed by atoms with Crippen LogP contribution in [-0.4, -0.2) is 12.2 Å². The predicted octanol–water partition coefficient (Wildman–Crippen LogP) is 2.67. The van der Waals surface area contributed by atoms with Gasteiger partial charge in [-0.3, -0.25) is 0 Å². The summed E-state index contributed by atoms with van der Waals surface area (Å²) in [6.07, 6.45) is 3.19. The third kappa shape index (κ3) is 3.05. The fourth-order valence-corrected chi connectivity index (χ4v) is 1.86. The zero-order valence-corrected chi connectivity index (χ0v) is 9.15. The van der Waals surface area contributed by atoms with Gasteiger partial charge < -0.3 is 9.84 Å². The molecule has 1 N–H and O–H groups in total. The number of aliphatic hydroxyl groups is 1. The normalized spacial score (nSPS) is 17.7. The minimum atomic E-state index is -0.297. The van der Waals surface area contributed by atoms with E-state index in [0.717, 1.165) is 23.5 Å². The topological polar surface area (TPSA) is 29.5 Å². The molecule has 0 amide bonds. The number of aliphatic hydroxyl groups excluding tert-OH is 1. The summed E-state index contributed by atoms with van der Waals surface area (Å²) in [6.45, 7) is 0.615. The molecule has 1 atom stereocenters. The van der Waals surface area contributed by atoms with E-state index in [9.17, 15) is 5.11 Å². The fraction of sp³-hybridized carbons (Fsp3) is 0.538. The van der Waals surface area contributed by atoms with Crippen molar-refractivity contribution in [1.29, 1.82) is 0 Å². The lowest BCUT2D eigenvalue weighted by molar-refractivity contribution is 0.159. The Morgan fingerprint density at radius 1 is 1.47 bits per heavy atom. The molecule has 15 heavy (non-hydrogen) atoms. The molecule has 1 unspecified atom stereocenters. The molecule has 0 aliphatic heterocycles. The zero-order chi connectivity index (χ0) is 10.7. The van der Waals surface area contributed by atoms with Crippen LogP contribution in [0, 0.1) is 5.92 Å². The minimum Gasteiger partial charge on any atom is -0.388 e. The van der Waals surface area contributed by atoms with Crippen molar-refractivity contribution in [3.8, 4) is 0 Å². The van der Waals surface area contributed by atoms with Crippen LogP contribution in [0.4, 0.5) is 0 Å². The maximum absolute atomic E-state index is 9.98. The molecule has 0 radical (unpaired) electrons. The second kappa shape index (κ2) is 4.77. The summed E-state index contributed by atoms with van der Waals surface area (Å²) in [5, 5.41) is 9.98. The predicted molar refractivity (Wildman–Crippen MR) is 59.5 cm³/mol. The average molecular weight is 206 g/mol. The number of hydrogen-bond acceptors (Lipinski definition) is 2. The van der Waals surface area contributed by atoms with E-state index in [4.69, 9.17) is 4.74 Å². The minimum absolute atomic E-state index is 0.297. The summed E-state index contributed by atoms with van der Waals surface area (Å²) in [4.78, 5) is 0. The van der Waals surface area contributed by atoms with Crippen LogP contribution in [0.1, 0.15) is 36.5 Å². The van der Waals surface area contributed by atoms with E-state index >= 15 is 0 Å². The van der Waals surface area contributed by atoms with E-state index in [1.165, 1.54) is 12.8 Å². The van der Waals surface area contributed by atoms with Crippen LogP contribution in [0.25, 0.3) is 0 Å². The zero-order valence-electron chi connectivity index (χ0n) is 9.15. The van der Waals surface area contributed by atoms with Crippen molar-refractivity contribution in [2.45, 2.75) is 32.0 Å². The Kier molecular flexibility index (Phi) is 3.39. The first-order valence-electron chi connectivity index (χ1n) is 5.55. The van der Waals surface area contributed by atoms with Gasteiger partial charge in [-0.15, -0.1) is 0 Å². The monoisotopic (exact) mass is 206 g/mol. The van der Waals surface area contributed by atoms with Gasteiger partial charge in [-0.1, -0.05) is 37.1 Å². The third-order valence-electron chi connectivity index (χ3n) is 2.90. The Morgan fingerprint density at radius 2 is 2.27 bits per heavy atom. The quantitative estimate of drug-likeness (QED) is 0.802. The maximum atomic E-state index is 9.98. The lowest BCUT2D eigenvalue weighted by Crippen LogP contribution is -1.99. The van der Waals surface area contributed by atoms with Crippen LogP contribution in [0.3, 0.4) is 0 Å². The van der Waals surface area contributed by atoms with Crippen molar-refractivity contribution in [2.75, 3.05) is 7.11 Å². The van der Waals surface area contributed by atoms with Crippen molar-refractivity contribution in [3.63, 3.8) is 0 Å². The molecule has 0 saturated heterocycles. The SMILES string of the molecule is COCc1cccc(C(O)CC2CC2)c1. The molecule has 2 nitrogen and oxygen atoms in total. The highest BCUT2D eigenvalue weighted by atomic mass is 16.5. The van der Waals surface area contributed by atoms with Gasteiger partial charge in [-0.25, -0.2) is 0 Å². The Bertz CT molecular complexity index is 318. The van der Waals surface area contributed by atoms with Gasteiger partial charge in [-0.05, 0) is 23.5 Å². The van der Waals surface area contributed by atoms with E-state index in [-0.39, 0.29) is 6.10 Å². The summed E-state index contributed by atoms with van der Waals surface area (Å²) in [6, 6.07) is 8.04. The maximum Gasteiger partial charge on any atom is 0.0792 e. The number of rotatable bonds is 5. The van der Waals surface area contributed by atoms with Crippen molar-refractivity contribution in [3.05, 3.63) is 35.4 Å². The van der Waals surface area contributed by atoms with Gasteiger partial charge in [-0.2, -0.15) is 0 Å². The summed E-state index contributed by atoms with van der Waals surface area (Å²) in [7, 11) is 1.69. The van der Waals surface area contributed by atoms with Gasteiger partial charge in [0.05, 0.1) is 12.7 Å². The van der Waals surface area contributed by atoms with Crippen molar-refractivity contribution in [1.82, 2.24) is 0 Å².